The highest BCUT2D eigenvalue weighted by Gasteiger charge is 1.97. The third-order valence-electron chi connectivity index (χ3n) is 2.17. The van der Waals surface area contributed by atoms with E-state index in [9.17, 15) is 0 Å². The van der Waals surface area contributed by atoms with Gasteiger partial charge in [0.25, 0.3) is 0 Å². The molecule has 80 valence electrons. The summed E-state index contributed by atoms with van der Waals surface area (Å²) in [4.78, 5) is 3.99. The zero-order valence-corrected chi connectivity index (χ0v) is 9.35. The molecule has 0 saturated carbocycles. The molecule has 0 aliphatic heterocycles. The molecule has 0 spiro atoms. The van der Waals surface area contributed by atoms with Gasteiger partial charge in [-0.2, -0.15) is 0 Å². The Kier molecular flexibility index (Phi) is 3.22. The molecule has 0 unspecified atom stereocenters. The van der Waals surface area contributed by atoms with Crippen molar-refractivity contribution in [2.45, 2.75) is 0 Å². The zero-order valence-electron chi connectivity index (χ0n) is 8.60. The average Bonchev–Trinajstić information content (AvgIpc) is 2.32. The molecule has 0 amide bonds. The van der Waals surface area contributed by atoms with Crippen molar-refractivity contribution < 1.29 is 0 Å². The maximum absolute atomic E-state index is 5.85. The molecule has 1 aromatic carbocycles. The molecule has 1 aromatic heterocycles. The van der Waals surface area contributed by atoms with Gasteiger partial charge in [-0.25, -0.2) is 4.98 Å². The largest absolute Gasteiger partial charge is 0.383 e. The Balaban J connectivity index is 2.27. The molecule has 0 fully saturated rings. The Morgan fingerprint density at radius 3 is 2.62 bits per heavy atom. The highest BCUT2D eigenvalue weighted by Crippen LogP contribution is 2.17. The molecule has 0 atom stereocenters. The van der Waals surface area contributed by atoms with E-state index in [0.717, 1.165) is 11.1 Å². The maximum Gasteiger partial charge on any atom is 0.130 e. The van der Waals surface area contributed by atoms with E-state index < -0.39 is 0 Å². The smallest absolute Gasteiger partial charge is 0.130 e. The van der Waals surface area contributed by atoms with Crippen molar-refractivity contribution in [2.75, 3.05) is 5.73 Å². The molecule has 0 saturated heterocycles. The molecule has 2 N–H and O–H groups in total. The van der Waals surface area contributed by atoms with Crippen molar-refractivity contribution in [3.05, 3.63) is 58.7 Å². The summed E-state index contributed by atoms with van der Waals surface area (Å²) in [6.45, 7) is 0. The highest BCUT2D eigenvalue weighted by atomic mass is 35.5. The second-order valence-electron chi connectivity index (χ2n) is 3.37. The summed E-state index contributed by atoms with van der Waals surface area (Å²) in [5, 5.41) is 0.585. The van der Waals surface area contributed by atoms with Crippen molar-refractivity contribution >= 4 is 29.6 Å². The summed E-state index contributed by atoms with van der Waals surface area (Å²) in [6, 6.07) is 11.8. The van der Waals surface area contributed by atoms with Crippen molar-refractivity contribution in [1.82, 2.24) is 4.98 Å². The normalized spacial score (nSPS) is 10.8. The third-order valence-corrected chi connectivity index (χ3v) is 2.38. The van der Waals surface area contributed by atoms with Gasteiger partial charge in [0.2, 0.25) is 0 Å². The standard InChI is InChI=1S/C13H11ClN2/c14-12-8-11(13(15)16-9-12)7-6-10-4-2-1-3-5-10/h1-9H,(H2,15,16)/b7-6+. The van der Waals surface area contributed by atoms with Crippen LogP contribution in [0.1, 0.15) is 11.1 Å². The molecule has 1 heterocycles. The predicted molar refractivity (Wildman–Crippen MR) is 69.0 cm³/mol. The lowest BCUT2D eigenvalue weighted by Gasteiger charge is -1.99. The van der Waals surface area contributed by atoms with Gasteiger partial charge in [-0.15, -0.1) is 0 Å². The Hall–Kier alpha value is -1.80. The minimum absolute atomic E-state index is 0.483. The van der Waals surface area contributed by atoms with Crippen molar-refractivity contribution in [3.8, 4) is 0 Å². The maximum atomic E-state index is 5.85. The van der Waals surface area contributed by atoms with Gasteiger partial charge in [-0.05, 0) is 11.6 Å². The first-order chi connectivity index (χ1) is 7.75. The first-order valence-corrected chi connectivity index (χ1v) is 5.27. The number of nitrogens with two attached hydrogens (primary N) is 1. The van der Waals surface area contributed by atoms with Gasteiger partial charge in [0.05, 0.1) is 5.02 Å². The molecule has 2 nitrogen and oxygen atoms in total. The molecule has 2 rings (SSSR count). The summed E-state index contributed by atoms with van der Waals surface area (Å²) in [5.74, 6) is 0.483. The minimum atomic E-state index is 0.483. The third kappa shape index (κ3) is 2.61. The monoisotopic (exact) mass is 230 g/mol. The lowest BCUT2D eigenvalue weighted by Crippen LogP contribution is -1.92. The van der Waals surface area contributed by atoms with E-state index in [4.69, 9.17) is 17.3 Å². The van der Waals surface area contributed by atoms with Crippen LogP contribution in [-0.4, -0.2) is 4.98 Å². The molecule has 2 aromatic rings. The number of aromatic nitrogens is 1. The second-order valence-corrected chi connectivity index (χ2v) is 3.81. The second kappa shape index (κ2) is 4.81. The number of nitrogen functional groups attached to an aromatic ring is 1. The van der Waals surface area contributed by atoms with Crippen LogP contribution < -0.4 is 5.73 Å². The number of hydrogen-bond donors (Lipinski definition) is 1. The first-order valence-electron chi connectivity index (χ1n) is 4.90. The van der Waals surface area contributed by atoms with Crippen LogP contribution in [0, 0.1) is 0 Å². The van der Waals surface area contributed by atoms with E-state index in [1.54, 1.807) is 6.07 Å². The van der Waals surface area contributed by atoms with E-state index in [0.29, 0.717) is 10.8 Å². The van der Waals surface area contributed by atoms with Gasteiger partial charge in [0.15, 0.2) is 0 Å². The highest BCUT2D eigenvalue weighted by molar-refractivity contribution is 6.30. The van der Waals surface area contributed by atoms with E-state index in [1.165, 1.54) is 6.20 Å². The van der Waals surface area contributed by atoms with Gasteiger partial charge in [0, 0.05) is 11.8 Å². The molecule has 0 aliphatic rings. The summed E-state index contributed by atoms with van der Waals surface area (Å²) in [6.07, 6.45) is 5.42. The van der Waals surface area contributed by atoms with Crippen molar-refractivity contribution in [3.63, 3.8) is 0 Å². The van der Waals surface area contributed by atoms with Crippen LogP contribution in [-0.2, 0) is 0 Å². The van der Waals surface area contributed by atoms with Crippen LogP contribution in [0.3, 0.4) is 0 Å². The average molecular weight is 231 g/mol. The Morgan fingerprint density at radius 2 is 1.88 bits per heavy atom. The summed E-state index contributed by atoms with van der Waals surface area (Å²) >= 11 is 5.85. The van der Waals surface area contributed by atoms with Gasteiger partial charge < -0.3 is 5.73 Å². The van der Waals surface area contributed by atoms with Crippen LogP contribution in [0.4, 0.5) is 5.82 Å². The zero-order chi connectivity index (χ0) is 11.4. The van der Waals surface area contributed by atoms with Gasteiger partial charge in [0.1, 0.15) is 5.82 Å². The molecular formula is C13H11ClN2. The number of halogens is 1. The van der Waals surface area contributed by atoms with Crippen molar-refractivity contribution in [2.24, 2.45) is 0 Å². The van der Waals surface area contributed by atoms with Crippen molar-refractivity contribution in [1.29, 1.82) is 0 Å². The van der Waals surface area contributed by atoms with Crippen LogP contribution >= 0.6 is 11.6 Å². The molecular weight excluding hydrogens is 220 g/mol. The lowest BCUT2D eigenvalue weighted by atomic mass is 10.1. The van der Waals surface area contributed by atoms with Crippen LogP contribution in [0.25, 0.3) is 12.2 Å². The van der Waals surface area contributed by atoms with Crippen LogP contribution in [0.2, 0.25) is 5.02 Å². The number of benzene rings is 1. The summed E-state index contributed by atoms with van der Waals surface area (Å²) in [5.41, 5.74) is 7.68. The Bertz CT molecular complexity index is 507. The van der Waals surface area contributed by atoms with Crippen LogP contribution in [0.15, 0.2) is 42.6 Å². The Morgan fingerprint density at radius 1 is 1.12 bits per heavy atom. The topological polar surface area (TPSA) is 38.9 Å². The van der Waals surface area contributed by atoms with Gasteiger partial charge in [-0.1, -0.05) is 54.1 Å². The number of nitrogens with zero attached hydrogens (tertiary/aromatic N) is 1. The Labute approximate surface area is 99.4 Å². The predicted octanol–water partition coefficient (Wildman–Crippen LogP) is 3.49. The fourth-order valence-electron chi connectivity index (χ4n) is 1.35. The minimum Gasteiger partial charge on any atom is -0.383 e. The quantitative estimate of drug-likeness (QED) is 0.858. The fourth-order valence-corrected chi connectivity index (χ4v) is 1.52. The van der Waals surface area contributed by atoms with E-state index >= 15 is 0 Å². The van der Waals surface area contributed by atoms with Gasteiger partial charge in [-0.3, -0.25) is 0 Å². The molecule has 0 bridgehead atoms. The lowest BCUT2D eigenvalue weighted by molar-refractivity contribution is 1.33. The van der Waals surface area contributed by atoms with Crippen LogP contribution in [0.5, 0.6) is 0 Å². The molecule has 3 heteroatoms. The molecule has 0 radical (unpaired) electrons. The SMILES string of the molecule is Nc1ncc(Cl)cc1/C=C/c1ccccc1. The number of pyridine rings is 1. The van der Waals surface area contributed by atoms with E-state index in [1.807, 2.05) is 42.5 Å². The summed E-state index contributed by atoms with van der Waals surface area (Å²) in [7, 11) is 0. The van der Waals surface area contributed by atoms with Gasteiger partial charge >= 0.3 is 0 Å². The first kappa shape index (κ1) is 10.7. The summed E-state index contributed by atoms with van der Waals surface area (Å²) < 4.78 is 0. The number of rotatable bonds is 2. The number of anilines is 1. The number of hydrogen-bond acceptors (Lipinski definition) is 2. The molecule has 0 aliphatic carbocycles. The van der Waals surface area contributed by atoms with E-state index in [2.05, 4.69) is 4.98 Å². The molecule has 16 heavy (non-hydrogen) atoms. The van der Waals surface area contributed by atoms with E-state index in [-0.39, 0.29) is 0 Å². The fraction of sp³-hybridized carbons (Fsp3) is 0.